The summed E-state index contributed by atoms with van der Waals surface area (Å²) in [5, 5.41) is 8.76. The molecule has 1 unspecified atom stereocenters. The van der Waals surface area contributed by atoms with Crippen molar-refractivity contribution in [2.75, 3.05) is 38.6 Å². The van der Waals surface area contributed by atoms with Crippen LogP contribution in [0.25, 0.3) is 44.3 Å². The first-order valence-corrected chi connectivity index (χ1v) is 23.7. The molecule has 8 rings (SSSR count). The van der Waals surface area contributed by atoms with Crippen LogP contribution in [-0.4, -0.2) is 112 Å². The number of aromatic nitrogens is 4. The molecule has 5 amide bonds. The zero-order valence-electron chi connectivity index (χ0n) is 38.7. The first-order valence-electron chi connectivity index (χ1n) is 22.2. The topological polar surface area (TPSA) is 243 Å². The van der Waals surface area contributed by atoms with Gasteiger partial charge in [0.1, 0.15) is 6.04 Å². The Hall–Kier alpha value is -7.69. The minimum atomic E-state index is -4.88. The minimum absolute atomic E-state index is 0. The molecular weight excluding hydrogens is 1170 g/mol. The van der Waals surface area contributed by atoms with Crippen LogP contribution in [-0.2, 0) is 54.1 Å². The second-order valence-electron chi connectivity index (χ2n) is 15.5. The standard InChI is InChI=1S/C29H32N6O9S.2C11H6F2N.Ir/c36-23(30-14-16-44-17-15-35-24(37)8-9-25(35)38)5-1-2-11-33-29(40)22(18-45(41,42)43)34-28(39)21-10-13-32-27-20(21)7-6-19-4-3-12-31-26(19)27;2*12-8-4-5-9(10(13)7-8)11-3-1-2-6-14-11;/h3-4,6-10,12-13,22H,1-2,5,11,14-18H2,(H,30,36)(H,33,40)(H,34,39)(H,41,42,43);2*1-4,6-7H;/q;2*-1;/p-1. The summed E-state index contributed by atoms with van der Waals surface area (Å²) in [5.74, 6) is -6.39. The van der Waals surface area contributed by atoms with Crippen molar-refractivity contribution < 1.29 is 79.3 Å². The number of halogens is 4. The van der Waals surface area contributed by atoms with E-state index >= 15 is 0 Å². The summed E-state index contributed by atoms with van der Waals surface area (Å²) in [6, 6.07) is 25.8. The van der Waals surface area contributed by atoms with E-state index in [1.807, 2.05) is 6.07 Å². The predicted molar refractivity (Wildman–Crippen MR) is 256 cm³/mol. The Labute approximate surface area is 435 Å². The third kappa shape index (κ3) is 17.0. The number of fused-ring (bicyclic) bond motifs is 3. The second-order valence-corrected chi connectivity index (χ2v) is 17.0. The molecule has 1 atom stereocenters. The van der Waals surface area contributed by atoms with E-state index in [-0.39, 0.29) is 82.0 Å². The van der Waals surface area contributed by atoms with Crippen LogP contribution in [0.3, 0.4) is 0 Å². The van der Waals surface area contributed by atoms with Gasteiger partial charge in [0.15, 0.2) is 0 Å². The molecule has 5 heterocycles. The quantitative estimate of drug-likeness (QED) is 0.0243. The summed E-state index contributed by atoms with van der Waals surface area (Å²) in [5.41, 5.74) is 2.40. The summed E-state index contributed by atoms with van der Waals surface area (Å²) in [6.07, 6.45) is 9.35. The van der Waals surface area contributed by atoms with Gasteiger partial charge in [-0.25, -0.2) is 8.42 Å². The van der Waals surface area contributed by atoms with Crippen LogP contribution >= 0.6 is 0 Å². The third-order valence-electron chi connectivity index (χ3n) is 10.3. The smallest absolute Gasteiger partial charge is 0.253 e. The van der Waals surface area contributed by atoms with Crippen molar-refractivity contribution in [2.24, 2.45) is 0 Å². The number of ether oxygens (including phenoxy) is 1. The number of carbonyl (C=O) groups excluding carboxylic acids is 5. The molecule has 4 aromatic heterocycles. The van der Waals surface area contributed by atoms with Gasteiger partial charge in [0.25, 0.3) is 17.7 Å². The first kappa shape index (κ1) is 57.2. The summed E-state index contributed by atoms with van der Waals surface area (Å²) >= 11 is 0. The van der Waals surface area contributed by atoms with E-state index in [4.69, 9.17) is 4.74 Å². The van der Waals surface area contributed by atoms with Crippen molar-refractivity contribution in [2.45, 2.75) is 25.3 Å². The van der Waals surface area contributed by atoms with Crippen LogP contribution in [0.2, 0.25) is 0 Å². The molecular formula is C51H43F4IrN8O9S-3. The van der Waals surface area contributed by atoms with Crippen molar-refractivity contribution in [3.63, 3.8) is 0 Å². The van der Waals surface area contributed by atoms with E-state index < -0.39 is 68.8 Å². The Balaban J connectivity index is 0.000000280. The second kappa shape index (κ2) is 27.9. The number of amides is 5. The minimum Gasteiger partial charge on any atom is -0.748 e. The van der Waals surface area contributed by atoms with Gasteiger partial charge in [-0.15, -0.1) is 24.3 Å². The van der Waals surface area contributed by atoms with Gasteiger partial charge >= 0.3 is 0 Å². The molecule has 23 heteroatoms. The monoisotopic (exact) mass is 1210 g/mol. The number of nitrogens with zero attached hydrogens (tertiary/aromatic N) is 5. The molecule has 0 fully saturated rings. The Morgan fingerprint density at radius 1 is 0.703 bits per heavy atom. The van der Waals surface area contributed by atoms with Crippen LogP contribution in [0, 0.1) is 35.4 Å². The Bertz CT molecular complexity index is 3130. The molecule has 0 spiro atoms. The summed E-state index contributed by atoms with van der Waals surface area (Å²) in [7, 11) is -4.88. The van der Waals surface area contributed by atoms with Gasteiger partial charge in [0.2, 0.25) is 11.8 Å². The molecule has 1 radical (unpaired) electrons. The van der Waals surface area contributed by atoms with Gasteiger partial charge < -0.3 is 35.2 Å². The number of rotatable bonds is 18. The SMILES string of the molecule is Fc1c[c-]c(-c2ccccn2)c(F)c1.Fc1c[c-]c(-c2ccccn2)c(F)c1.O=C(CCCCNC(=O)C(CS(=O)(=O)[O-])NC(=O)c1ccnc2c1ccc1cccnc12)NCCOCCN1C(=O)C=CC1=O.[Ir]. The van der Waals surface area contributed by atoms with E-state index in [1.54, 1.807) is 73.2 Å². The van der Waals surface area contributed by atoms with E-state index in [2.05, 4.69) is 48.0 Å². The summed E-state index contributed by atoms with van der Waals surface area (Å²) in [4.78, 5) is 78.5. The number of nitrogens with one attached hydrogen (secondary N) is 3. The van der Waals surface area contributed by atoms with Gasteiger partial charge in [-0.1, -0.05) is 65.7 Å². The zero-order valence-corrected chi connectivity index (χ0v) is 41.9. The van der Waals surface area contributed by atoms with Crippen LogP contribution in [0.4, 0.5) is 17.6 Å². The Morgan fingerprint density at radius 3 is 1.89 bits per heavy atom. The molecule has 7 aromatic rings. The summed E-state index contributed by atoms with van der Waals surface area (Å²) < 4.78 is 91.5. The van der Waals surface area contributed by atoms with Gasteiger partial charge in [-0.2, -0.15) is 0 Å². The number of imide groups is 1. The maximum atomic E-state index is 13.2. The van der Waals surface area contributed by atoms with Crippen molar-refractivity contribution in [3.8, 4) is 22.5 Å². The number of carbonyl (C=O) groups is 5. The fraction of sp³-hybridized carbons (Fsp3) is 0.196. The van der Waals surface area contributed by atoms with Crippen LogP contribution in [0.15, 0.2) is 128 Å². The Morgan fingerprint density at radius 2 is 1.31 bits per heavy atom. The molecule has 0 saturated carbocycles. The van der Waals surface area contributed by atoms with E-state index in [9.17, 15) is 54.5 Å². The van der Waals surface area contributed by atoms with Gasteiger partial charge in [0, 0.05) is 111 Å². The molecule has 387 valence electrons. The van der Waals surface area contributed by atoms with Gasteiger partial charge in [0.05, 0.1) is 52.2 Å². The molecule has 0 saturated heterocycles. The van der Waals surface area contributed by atoms with E-state index in [0.717, 1.165) is 34.6 Å². The average Bonchev–Trinajstić information content (AvgIpc) is 3.70. The molecule has 0 bridgehead atoms. The Kier molecular flexibility index (Phi) is 21.6. The van der Waals surface area contributed by atoms with Crippen molar-refractivity contribution in [3.05, 3.63) is 169 Å². The van der Waals surface area contributed by atoms with E-state index in [0.29, 0.717) is 40.6 Å². The normalized spacial score (nSPS) is 12.2. The van der Waals surface area contributed by atoms with Crippen molar-refractivity contribution >= 4 is 61.5 Å². The number of hydrogen-bond donors (Lipinski definition) is 3. The van der Waals surface area contributed by atoms with E-state index in [1.165, 1.54) is 24.4 Å². The van der Waals surface area contributed by atoms with Gasteiger partial charge in [-0.3, -0.25) is 56.4 Å². The maximum Gasteiger partial charge on any atom is 0.253 e. The van der Waals surface area contributed by atoms with Crippen LogP contribution in [0.5, 0.6) is 0 Å². The molecule has 17 nitrogen and oxygen atoms in total. The van der Waals surface area contributed by atoms with Crippen LogP contribution < -0.4 is 16.0 Å². The third-order valence-corrected chi connectivity index (χ3v) is 11.1. The molecule has 3 N–H and O–H groups in total. The fourth-order valence-corrected chi connectivity index (χ4v) is 7.53. The van der Waals surface area contributed by atoms with Crippen molar-refractivity contribution in [1.29, 1.82) is 0 Å². The molecule has 1 aliphatic rings. The number of hydrogen-bond acceptors (Lipinski definition) is 13. The largest absolute Gasteiger partial charge is 0.748 e. The summed E-state index contributed by atoms with van der Waals surface area (Å²) in [6.45, 7) is 0.729. The van der Waals surface area contributed by atoms with Crippen molar-refractivity contribution in [1.82, 2.24) is 40.8 Å². The maximum absolute atomic E-state index is 13.2. The van der Waals surface area contributed by atoms with Gasteiger partial charge in [-0.05, 0) is 48.5 Å². The number of unbranched alkanes of at least 4 members (excludes halogenated alkanes) is 1. The fourth-order valence-electron chi connectivity index (χ4n) is 6.88. The molecule has 3 aromatic carbocycles. The molecule has 0 aliphatic carbocycles. The zero-order chi connectivity index (χ0) is 52.3. The predicted octanol–water partition coefficient (Wildman–Crippen LogP) is 5.42. The number of pyridine rings is 4. The van der Waals surface area contributed by atoms with Crippen LogP contribution in [0.1, 0.15) is 29.6 Å². The number of benzene rings is 3. The first-order chi connectivity index (χ1) is 35.1. The average molecular weight is 1210 g/mol. The molecule has 1 aliphatic heterocycles. The molecule has 74 heavy (non-hydrogen) atoms.